The van der Waals surface area contributed by atoms with E-state index in [1.54, 1.807) is 18.2 Å². The Morgan fingerprint density at radius 1 is 1.27 bits per heavy atom. The molecule has 0 radical (unpaired) electrons. The highest BCUT2D eigenvalue weighted by Gasteiger charge is 2.28. The van der Waals surface area contributed by atoms with Crippen LogP contribution in [0.2, 0.25) is 10.0 Å². The number of furan rings is 1. The van der Waals surface area contributed by atoms with E-state index in [9.17, 15) is 4.79 Å². The van der Waals surface area contributed by atoms with Crippen LogP contribution in [-0.4, -0.2) is 16.7 Å². The van der Waals surface area contributed by atoms with Crippen molar-refractivity contribution < 1.29 is 9.21 Å². The number of benzene rings is 1. The van der Waals surface area contributed by atoms with Gasteiger partial charge in [-0.3, -0.25) is 10.2 Å². The van der Waals surface area contributed by atoms with Crippen molar-refractivity contribution in [1.82, 2.24) is 5.43 Å². The summed E-state index contributed by atoms with van der Waals surface area (Å²) in [6.45, 7) is 1.82. The first kappa shape index (κ1) is 18.7. The molecule has 1 heterocycles. The maximum Gasteiger partial charge on any atom is 0.291 e. The third-order valence-corrected chi connectivity index (χ3v) is 4.48. The van der Waals surface area contributed by atoms with Gasteiger partial charge in [-0.2, -0.15) is 5.10 Å². The number of halogens is 2. The lowest BCUT2D eigenvalue weighted by atomic mass is 9.93. The predicted octanol–water partition coefficient (Wildman–Crippen LogP) is 4.02. The average molecular weight is 411 g/mol. The quantitative estimate of drug-likeness (QED) is 0.524. The lowest BCUT2D eigenvalue weighted by Crippen LogP contribution is -2.26. The third kappa shape index (κ3) is 4.00. The molecule has 1 amide bonds. The second-order valence-corrected chi connectivity index (χ2v) is 7.17. The Morgan fingerprint density at radius 3 is 2.62 bits per heavy atom. The van der Waals surface area contributed by atoms with Crippen molar-refractivity contribution in [3.8, 4) is 0 Å². The van der Waals surface area contributed by atoms with Crippen LogP contribution >= 0.6 is 35.4 Å². The molecule has 0 spiro atoms. The number of carbonyl (C=O) groups excluding carboxylic acids is 1. The molecule has 0 saturated heterocycles. The molecule has 1 aliphatic carbocycles. The number of anilines is 1. The highest BCUT2D eigenvalue weighted by Crippen LogP contribution is 2.31. The van der Waals surface area contributed by atoms with Gasteiger partial charge in [0.2, 0.25) is 0 Å². The van der Waals surface area contributed by atoms with E-state index in [1.807, 2.05) is 6.92 Å². The number of hydrogen-bond acceptors (Lipinski definition) is 4. The molecule has 0 saturated carbocycles. The van der Waals surface area contributed by atoms with Crippen molar-refractivity contribution in [2.24, 2.45) is 10.8 Å². The number of thiocarbonyl (C=S) groups is 1. The summed E-state index contributed by atoms with van der Waals surface area (Å²) in [4.78, 5) is 12.7. The van der Waals surface area contributed by atoms with Gasteiger partial charge in [-0.1, -0.05) is 23.2 Å². The Labute approximate surface area is 165 Å². The molecule has 2 aromatic rings. The standard InChI is InChI=1S/C17H16Cl2N4O2S/c1-8-14-12(22-23-17(20)26)3-2-4-13(14)25-15(8)16(24)21-11-6-9(18)5-10(19)7-11/h5-7H,2-4H2,1H3,(H,21,24)(H3,20,23,26)/b22-12+. The third-order valence-electron chi connectivity index (χ3n) is 3.95. The van der Waals surface area contributed by atoms with Gasteiger partial charge in [0.1, 0.15) is 5.76 Å². The van der Waals surface area contributed by atoms with E-state index in [2.05, 4.69) is 15.8 Å². The van der Waals surface area contributed by atoms with Crippen molar-refractivity contribution >= 4 is 57.8 Å². The first-order valence-electron chi connectivity index (χ1n) is 7.87. The van der Waals surface area contributed by atoms with E-state index in [4.69, 9.17) is 45.6 Å². The zero-order valence-electron chi connectivity index (χ0n) is 13.9. The van der Waals surface area contributed by atoms with Crippen LogP contribution in [0.15, 0.2) is 27.7 Å². The molecule has 0 bridgehead atoms. The van der Waals surface area contributed by atoms with Gasteiger partial charge in [0.25, 0.3) is 5.91 Å². The van der Waals surface area contributed by atoms with Crippen LogP contribution < -0.4 is 16.5 Å². The number of nitrogens with two attached hydrogens (primary N) is 1. The van der Waals surface area contributed by atoms with E-state index in [0.717, 1.165) is 36.3 Å². The van der Waals surface area contributed by atoms with E-state index < -0.39 is 0 Å². The maximum absolute atomic E-state index is 12.7. The van der Waals surface area contributed by atoms with Crippen LogP contribution in [-0.2, 0) is 6.42 Å². The topological polar surface area (TPSA) is 92.6 Å². The van der Waals surface area contributed by atoms with Crippen LogP contribution in [0.25, 0.3) is 0 Å². The summed E-state index contributed by atoms with van der Waals surface area (Å²) in [6, 6.07) is 4.82. The lowest BCUT2D eigenvalue weighted by Gasteiger charge is -2.13. The number of carbonyl (C=O) groups is 1. The summed E-state index contributed by atoms with van der Waals surface area (Å²) in [5.74, 6) is 0.583. The minimum atomic E-state index is -0.378. The number of nitrogens with one attached hydrogen (secondary N) is 2. The van der Waals surface area contributed by atoms with Crippen molar-refractivity contribution in [2.75, 3.05) is 5.32 Å². The molecule has 4 N–H and O–H groups in total. The largest absolute Gasteiger partial charge is 0.455 e. The maximum atomic E-state index is 12.7. The van der Waals surface area contributed by atoms with Gasteiger partial charge in [-0.15, -0.1) is 0 Å². The fourth-order valence-electron chi connectivity index (χ4n) is 2.93. The summed E-state index contributed by atoms with van der Waals surface area (Å²) in [5, 5.41) is 7.94. The fourth-order valence-corrected chi connectivity index (χ4v) is 3.50. The molecule has 0 aliphatic heterocycles. The Morgan fingerprint density at radius 2 is 1.96 bits per heavy atom. The van der Waals surface area contributed by atoms with Crippen LogP contribution in [0.4, 0.5) is 5.69 Å². The number of hydrogen-bond donors (Lipinski definition) is 3. The average Bonchev–Trinajstić information content (AvgIpc) is 2.89. The summed E-state index contributed by atoms with van der Waals surface area (Å²) < 4.78 is 5.82. The molecule has 9 heteroatoms. The summed E-state index contributed by atoms with van der Waals surface area (Å²) in [5.41, 5.74) is 10.8. The molecule has 0 unspecified atom stereocenters. The minimum absolute atomic E-state index is 0.0848. The first-order valence-corrected chi connectivity index (χ1v) is 9.03. The lowest BCUT2D eigenvalue weighted by molar-refractivity contribution is 0.0994. The molecule has 6 nitrogen and oxygen atoms in total. The van der Waals surface area contributed by atoms with Gasteiger partial charge in [-0.25, -0.2) is 0 Å². The first-order chi connectivity index (χ1) is 12.3. The van der Waals surface area contributed by atoms with Crippen molar-refractivity contribution in [1.29, 1.82) is 0 Å². The van der Waals surface area contributed by atoms with Crippen LogP contribution in [0.1, 0.15) is 40.3 Å². The van der Waals surface area contributed by atoms with Gasteiger partial charge in [0.15, 0.2) is 10.9 Å². The molecule has 1 aromatic heterocycles. The normalized spacial score (nSPS) is 14.8. The molecule has 1 aliphatic rings. The summed E-state index contributed by atoms with van der Waals surface area (Å²) >= 11 is 16.7. The van der Waals surface area contributed by atoms with Crippen molar-refractivity contribution in [3.63, 3.8) is 0 Å². The zero-order valence-corrected chi connectivity index (χ0v) is 16.2. The van der Waals surface area contributed by atoms with Crippen LogP contribution in [0, 0.1) is 6.92 Å². The molecule has 1 aromatic carbocycles. The monoisotopic (exact) mass is 410 g/mol. The number of nitrogens with zero attached hydrogens (tertiary/aromatic N) is 1. The summed E-state index contributed by atoms with van der Waals surface area (Å²) in [6.07, 6.45) is 2.34. The van der Waals surface area contributed by atoms with Crippen molar-refractivity contribution in [2.45, 2.75) is 26.2 Å². The van der Waals surface area contributed by atoms with E-state index in [-0.39, 0.29) is 16.8 Å². The molecule has 0 fully saturated rings. The number of amides is 1. The molecule has 136 valence electrons. The minimum Gasteiger partial charge on any atom is -0.455 e. The van der Waals surface area contributed by atoms with Crippen molar-refractivity contribution in [3.05, 3.63) is 50.9 Å². The highest BCUT2D eigenvalue weighted by molar-refractivity contribution is 7.80. The van der Waals surface area contributed by atoms with Crippen LogP contribution in [0.5, 0.6) is 0 Å². The number of rotatable bonds is 3. The number of fused-ring (bicyclic) bond motifs is 1. The highest BCUT2D eigenvalue weighted by atomic mass is 35.5. The zero-order chi connectivity index (χ0) is 18.8. The second kappa shape index (κ2) is 7.65. The van der Waals surface area contributed by atoms with Gasteiger partial charge in [-0.05, 0) is 50.2 Å². The number of aryl methyl sites for hydroxylation is 1. The van der Waals surface area contributed by atoms with Gasteiger partial charge < -0.3 is 15.5 Å². The Kier molecular flexibility index (Phi) is 5.50. The van der Waals surface area contributed by atoms with Crippen LogP contribution in [0.3, 0.4) is 0 Å². The predicted molar refractivity (Wildman–Crippen MR) is 107 cm³/mol. The SMILES string of the molecule is Cc1c(C(=O)Nc2cc(Cl)cc(Cl)c2)oc2c1/C(=N/NC(N)=S)CCC2. The molecule has 0 atom stereocenters. The fraction of sp³-hybridized carbons (Fsp3) is 0.235. The molecular formula is C17H16Cl2N4O2S. The smallest absolute Gasteiger partial charge is 0.291 e. The van der Waals surface area contributed by atoms with Gasteiger partial charge in [0.05, 0.1) is 5.71 Å². The van der Waals surface area contributed by atoms with Gasteiger partial charge >= 0.3 is 0 Å². The molecule has 3 rings (SSSR count). The molecule has 26 heavy (non-hydrogen) atoms. The Hall–Kier alpha value is -2.09. The van der Waals surface area contributed by atoms with E-state index in [1.165, 1.54) is 0 Å². The Bertz CT molecular complexity index is 903. The Balaban J connectivity index is 1.91. The van der Waals surface area contributed by atoms with E-state index in [0.29, 0.717) is 21.3 Å². The summed E-state index contributed by atoms with van der Waals surface area (Å²) in [7, 11) is 0. The number of hydrazone groups is 1. The molecular weight excluding hydrogens is 395 g/mol. The van der Waals surface area contributed by atoms with Gasteiger partial charge in [0, 0.05) is 33.3 Å². The second-order valence-electron chi connectivity index (χ2n) is 5.85. The van der Waals surface area contributed by atoms with E-state index >= 15 is 0 Å².